The molecular formula is C27H33N3O4. The van der Waals surface area contributed by atoms with E-state index < -0.39 is 5.60 Å². The minimum atomic E-state index is -0.535. The number of aliphatic imine (C=N–C) groups is 1. The van der Waals surface area contributed by atoms with Crippen molar-refractivity contribution >= 4 is 29.6 Å². The van der Waals surface area contributed by atoms with Gasteiger partial charge in [-0.05, 0) is 56.9 Å². The summed E-state index contributed by atoms with van der Waals surface area (Å²) in [4.78, 5) is 31.3. The standard InChI is InChI=1S/C25H27N3O4.C2H6/c1-25(2,3)32-24(30)28-14-12-18(13-15-28)22-23(29)27-21-19(10-7-11-20(21)31-22)26-16-17-8-5-4-6-9-17;1-2/h4-11,16H,12-15H2,1-3H3,(H,27,29);1-2H3. The van der Waals surface area contributed by atoms with Crippen LogP contribution < -0.4 is 10.1 Å². The molecule has 0 atom stereocenters. The van der Waals surface area contributed by atoms with Gasteiger partial charge in [-0.2, -0.15) is 0 Å². The Hall–Kier alpha value is -3.61. The summed E-state index contributed by atoms with van der Waals surface area (Å²) >= 11 is 0. The predicted molar refractivity (Wildman–Crippen MR) is 135 cm³/mol. The van der Waals surface area contributed by atoms with Crippen LogP contribution in [0.2, 0.25) is 0 Å². The number of ether oxygens (including phenoxy) is 2. The molecule has 0 radical (unpaired) electrons. The molecule has 2 aliphatic rings. The van der Waals surface area contributed by atoms with Crippen LogP contribution in [0, 0.1) is 0 Å². The van der Waals surface area contributed by atoms with Gasteiger partial charge in [0.05, 0.1) is 5.69 Å². The summed E-state index contributed by atoms with van der Waals surface area (Å²) in [5, 5.41) is 2.94. The van der Waals surface area contributed by atoms with Crippen LogP contribution in [0.4, 0.5) is 16.2 Å². The van der Waals surface area contributed by atoms with E-state index in [-0.39, 0.29) is 12.0 Å². The van der Waals surface area contributed by atoms with E-state index in [1.807, 2.05) is 83.1 Å². The molecule has 1 N–H and O–H groups in total. The van der Waals surface area contributed by atoms with E-state index in [0.717, 1.165) is 11.1 Å². The normalized spacial score (nSPS) is 15.7. The highest BCUT2D eigenvalue weighted by molar-refractivity contribution is 6.08. The minimum absolute atomic E-state index is 0.291. The van der Waals surface area contributed by atoms with E-state index in [1.54, 1.807) is 11.1 Å². The molecule has 2 heterocycles. The Morgan fingerprint density at radius 1 is 1.06 bits per heavy atom. The first kappa shape index (κ1) is 25.0. The van der Waals surface area contributed by atoms with Crippen LogP contribution in [0.5, 0.6) is 5.75 Å². The number of likely N-dealkylation sites (tertiary alicyclic amines) is 1. The molecule has 1 fully saturated rings. The summed E-state index contributed by atoms with van der Waals surface area (Å²) in [5.74, 6) is 0.579. The summed E-state index contributed by atoms with van der Waals surface area (Å²) in [5.41, 5.74) is 2.51. The number of carbonyl (C=O) groups excluding carboxylic acids is 2. The second-order valence-corrected chi connectivity index (χ2v) is 8.78. The molecule has 2 aliphatic heterocycles. The SMILES string of the molecule is CC.CC(C)(C)OC(=O)N1CCC(=C2Oc3cccc(N=Cc4ccccc4)c3NC2=O)CC1. The van der Waals surface area contributed by atoms with Crippen molar-refractivity contribution in [3.05, 3.63) is 65.4 Å². The van der Waals surface area contributed by atoms with Gasteiger partial charge in [-0.15, -0.1) is 0 Å². The third-order valence-electron chi connectivity index (χ3n) is 5.15. The topological polar surface area (TPSA) is 80.2 Å². The van der Waals surface area contributed by atoms with Gasteiger partial charge >= 0.3 is 6.09 Å². The van der Waals surface area contributed by atoms with Crippen molar-refractivity contribution in [1.29, 1.82) is 0 Å². The zero-order valence-corrected chi connectivity index (χ0v) is 20.6. The fourth-order valence-electron chi connectivity index (χ4n) is 3.59. The van der Waals surface area contributed by atoms with E-state index in [1.165, 1.54) is 0 Å². The van der Waals surface area contributed by atoms with Crippen molar-refractivity contribution in [2.75, 3.05) is 18.4 Å². The number of hydrogen-bond donors (Lipinski definition) is 1. The van der Waals surface area contributed by atoms with Crippen molar-refractivity contribution in [2.45, 2.75) is 53.1 Å². The van der Waals surface area contributed by atoms with Crippen LogP contribution in [0.1, 0.15) is 53.0 Å². The number of piperidine rings is 1. The molecule has 180 valence electrons. The zero-order valence-electron chi connectivity index (χ0n) is 20.6. The number of fused-ring (bicyclic) bond motifs is 1. The molecule has 1 saturated heterocycles. The Balaban J connectivity index is 0.00000158. The van der Waals surface area contributed by atoms with Crippen molar-refractivity contribution in [3.63, 3.8) is 0 Å². The number of para-hydroxylation sites is 1. The lowest BCUT2D eigenvalue weighted by Crippen LogP contribution is -2.41. The highest BCUT2D eigenvalue weighted by Gasteiger charge is 2.31. The van der Waals surface area contributed by atoms with Gasteiger partial charge in [0, 0.05) is 19.3 Å². The molecule has 0 aliphatic carbocycles. The molecule has 0 unspecified atom stereocenters. The maximum absolute atomic E-state index is 12.8. The summed E-state index contributed by atoms with van der Waals surface area (Å²) in [6.45, 7) is 10.5. The van der Waals surface area contributed by atoms with Gasteiger partial charge in [-0.3, -0.25) is 9.79 Å². The number of nitrogens with zero attached hydrogens (tertiary/aromatic N) is 2. The number of hydrogen-bond acceptors (Lipinski definition) is 5. The molecule has 0 saturated carbocycles. The Morgan fingerprint density at radius 2 is 1.74 bits per heavy atom. The molecule has 2 aromatic carbocycles. The predicted octanol–water partition coefficient (Wildman–Crippen LogP) is 6.08. The third kappa shape index (κ3) is 6.25. The molecule has 2 amide bonds. The Morgan fingerprint density at radius 3 is 2.38 bits per heavy atom. The van der Waals surface area contributed by atoms with Gasteiger partial charge in [0.2, 0.25) is 0 Å². The molecule has 0 bridgehead atoms. The van der Waals surface area contributed by atoms with Gasteiger partial charge in [0.25, 0.3) is 5.91 Å². The largest absolute Gasteiger partial charge is 0.449 e. The number of nitrogens with one attached hydrogen (secondary N) is 1. The number of benzene rings is 2. The first-order chi connectivity index (χ1) is 16.3. The monoisotopic (exact) mass is 463 g/mol. The van der Waals surface area contributed by atoms with Crippen LogP contribution in [-0.2, 0) is 9.53 Å². The van der Waals surface area contributed by atoms with Gasteiger partial charge in [-0.25, -0.2) is 4.79 Å². The first-order valence-electron chi connectivity index (χ1n) is 11.7. The van der Waals surface area contributed by atoms with Crippen molar-refractivity contribution in [1.82, 2.24) is 4.90 Å². The van der Waals surface area contributed by atoms with Gasteiger partial charge < -0.3 is 19.7 Å². The Labute approximate surface area is 201 Å². The molecular weight excluding hydrogens is 430 g/mol. The first-order valence-corrected chi connectivity index (χ1v) is 11.7. The van der Waals surface area contributed by atoms with E-state index in [2.05, 4.69) is 10.3 Å². The lowest BCUT2D eigenvalue weighted by molar-refractivity contribution is -0.115. The molecule has 0 spiro atoms. The van der Waals surface area contributed by atoms with E-state index in [0.29, 0.717) is 48.8 Å². The highest BCUT2D eigenvalue weighted by atomic mass is 16.6. The molecule has 34 heavy (non-hydrogen) atoms. The lowest BCUT2D eigenvalue weighted by Gasteiger charge is -2.32. The fourth-order valence-corrected chi connectivity index (χ4v) is 3.59. The molecule has 7 nitrogen and oxygen atoms in total. The van der Waals surface area contributed by atoms with E-state index >= 15 is 0 Å². The molecule has 0 aromatic heterocycles. The Bertz CT molecular complexity index is 1070. The second kappa shape index (κ2) is 11.0. The quantitative estimate of drug-likeness (QED) is 0.432. The van der Waals surface area contributed by atoms with Crippen LogP contribution in [0.15, 0.2) is 64.9 Å². The number of carbonyl (C=O) groups is 2. The lowest BCUT2D eigenvalue weighted by atomic mass is 10.0. The molecule has 2 aromatic rings. The van der Waals surface area contributed by atoms with Crippen LogP contribution in [0.3, 0.4) is 0 Å². The average Bonchev–Trinajstić information content (AvgIpc) is 2.83. The van der Waals surface area contributed by atoms with E-state index in [9.17, 15) is 9.59 Å². The summed E-state index contributed by atoms with van der Waals surface area (Å²) < 4.78 is 11.5. The van der Waals surface area contributed by atoms with Crippen molar-refractivity contribution in [3.8, 4) is 5.75 Å². The minimum Gasteiger partial charge on any atom is -0.449 e. The number of amides is 2. The molecule has 7 heteroatoms. The van der Waals surface area contributed by atoms with Gasteiger partial charge in [0.15, 0.2) is 11.5 Å². The van der Waals surface area contributed by atoms with Gasteiger partial charge in [-0.1, -0.05) is 50.2 Å². The maximum Gasteiger partial charge on any atom is 0.410 e. The number of anilines is 1. The third-order valence-corrected chi connectivity index (χ3v) is 5.15. The summed E-state index contributed by atoms with van der Waals surface area (Å²) in [7, 11) is 0. The average molecular weight is 464 g/mol. The maximum atomic E-state index is 12.8. The van der Waals surface area contributed by atoms with Crippen molar-refractivity contribution < 1.29 is 19.1 Å². The van der Waals surface area contributed by atoms with E-state index in [4.69, 9.17) is 9.47 Å². The van der Waals surface area contributed by atoms with Crippen LogP contribution in [-0.4, -0.2) is 41.8 Å². The number of rotatable bonds is 2. The van der Waals surface area contributed by atoms with Crippen molar-refractivity contribution in [2.24, 2.45) is 4.99 Å². The fraction of sp³-hybridized carbons (Fsp3) is 0.370. The second-order valence-electron chi connectivity index (χ2n) is 8.78. The van der Waals surface area contributed by atoms with Gasteiger partial charge in [0.1, 0.15) is 11.3 Å². The molecule has 4 rings (SSSR count). The summed E-state index contributed by atoms with van der Waals surface area (Å²) in [6.07, 6.45) is 2.54. The zero-order chi connectivity index (χ0) is 24.7. The summed E-state index contributed by atoms with van der Waals surface area (Å²) in [6, 6.07) is 15.2. The van der Waals surface area contributed by atoms with Crippen LogP contribution >= 0.6 is 0 Å². The highest BCUT2D eigenvalue weighted by Crippen LogP contribution is 2.40. The Kier molecular flexibility index (Phi) is 8.10. The van der Waals surface area contributed by atoms with Crippen LogP contribution in [0.25, 0.3) is 0 Å². The smallest absolute Gasteiger partial charge is 0.410 e.